The maximum atomic E-state index is 13.5. The summed E-state index contributed by atoms with van der Waals surface area (Å²) in [7, 11) is 0. The number of carbonyl (C=O) groups is 1. The van der Waals surface area contributed by atoms with Crippen molar-refractivity contribution in [3.63, 3.8) is 0 Å². The number of nitrogens with one attached hydrogen (secondary N) is 1. The molecule has 3 aromatic rings. The van der Waals surface area contributed by atoms with Crippen molar-refractivity contribution in [2.45, 2.75) is 13.0 Å². The van der Waals surface area contributed by atoms with Crippen LogP contribution in [-0.2, 0) is 11.4 Å². The molecule has 0 aromatic heterocycles. The van der Waals surface area contributed by atoms with Crippen LogP contribution in [0.25, 0.3) is 0 Å². The van der Waals surface area contributed by atoms with E-state index in [1.54, 1.807) is 18.2 Å². The van der Waals surface area contributed by atoms with E-state index in [1.807, 2.05) is 47.4 Å². The zero-order chi connectivity index (χ0) is 23.0. The molecule has 3 aromatic carbocycles. The fourth-order valence-electron chi connectivity index (χ4n) is 3.75. The lowest BCUT2D eigenvalue weighted by molar-refractivity contribution is -0.123. The molecular weight excluding hydrogens is 426 g/mol. The molecule has 0 spiro atoms. The van der Waals surface area contributed by atoms with Gasteiger partial charge >= 0.3 is 0 Å². The number of rotatable bonds is 9. The van der Waals surface area contributed by atoms with Crippen LogP contribution in [0.3, 0.4) is 0 Å². The Hall–Kier alpha value is -3.61. The molecule has 1 aliphatic heterocycles. The van der Waals surface area contributed by atoms with Gasteiger partial charge in [-0.25, -0.2) is 8.78 Å². The van der Waals surface area contributed by atoms with E-state index in [9.17, 15) is 13.6 Å². The third-order valence-corrected chi connectivity index (χ3v) is 5.58. The summed E-state index contributed by atoms with van der Waals surface area (Å²) in [6, 6.07) is 21.0. The number of hydrogen-bond donors (Lipinski definition) is 1. The molecule has 1 unspecified atom stereocenters. The van der Waals surface area contributed by atoms with Crippen LogP contribution < -0.4 is 19.7 Å². The van der Waals surface area contributed by atoms with Gasteiger partial charge in [0.1, 0.15) is 18.1 Å². The average Bonchev–Trinajstić information content (AvgIpc) is 3.32. The van der Waals surface area contributed by atoms with Gasteiger partial charge in [0.05, 0.1) is 0 Å². The predicted molar refractivity (Wildman–Crippen MR) is 122 cm³/mol. The number of nitrogens with zero attached hydrogens (tertiary/aromatic N) is 1. The maximum absolute atomic E-state index is 13.5. The van der Waals surface area contributed by atoms with Crippen LogP contribution >= 0.6 is 0 Å². The molecular formula is C26H26F2N2O3. The van der Waals surface area contributed by atoms with Crippen LogP contribution in [0.1, 0.15) is 12.0 Å². The van der Waals surface area contributed by atoms with Crippen LogP contribution in [0.15, 0.2) is 72.8 Å². The van der Waals surface area contributed by atoms with E-state index in [-0.39, 0.29) is 18.4 Å². The Balaban J connectivity index is 1.16. The lowest BCUT2D eigenvalue weighted by Crippen LogP contribution is -2.34. The summed E-state index contributed by atoms with van der Waals surface area (Å²) in [6.07, 6.45) is 0.866. The highest BCUT2D eigenvalue weighted by Crippen LogP contribution is 2.25. The standard InChI is InChI=1S/C26H26F2N2O3/c27-24-11-6-21(14-25(24)28)30-13-12-20(16-30)15-29-26(31)18-33-23-9-7-22(8-10-23)32-17-19-4-2-1-3-5-19/h1-11,14,20H,12-13,15-18H2,(H,29,31). The SMILES string of the molecule is O=C(COc1ccc(OCc2ccccc2)cc1)NCC1CCN(c2ccc(F)c(F)c2)C1. The van der Waals surface area contributed by atoms with Crippen molar-refractivity contribution in [3.8, 4) is 11.5 Å². The van der Waals surface area contributed by atoms with Gasteiger partial charge in [-0.3, -0.25) is 4.79 Å². The largest absolute Gasteiger partial charge is 0.489 e. The summed E-state index contributed by atoms with van der Waals surface area (Å²) in [4.78, 5) is 14.2. The number of benzene rings is 3. The normalized spacial score (nSPS) is 15.3. The Labute approximate surface area is 191 Å². The number of amides is 1. The minimum atomic E-state index is -0.851. The first-order chi connectivity index (χ1) is 16.1. The van der Waals surface area contributed by atoms with Gasteiger partial charge in [0.25, 0.3) is 5.91 Å². The average molecular weight is 453 g/mol. The third kappa shape index (κ3) is 6.44. The monoisotopic (exact) mass is 452 g/mol. The number of hydrogen-bond acceptors (Lipinski definition) is 4. The van der Waals surface area contributed by atoms with Crippen LogP contribution in [0.4, 0.5) is 14.5 Å². The van der Waals surface area contributed by atoms with Crippen molar-refractivity contribution in [1.82, 2.24) is 5.32 Å². The summed E-state index contributed by atoms with van der Waals surface area (Å²) in [5, 5.41) is 2.89. The van der Waals surface area contributed by atoms with Gasteiger partial charge in [-0.05, 0) is 54.3 Å². The van der Waals surface area contributed by atoms with Gasteiger partial charge in [-0.15, -0.1) is 0 Å². The second-order valence-electron chi connectivity index (χ2n) is 8.04. The first kappa shape index (κ1) is 22.6. The van der Waals surface area contributed by atoms with E-state index in [1.165, 1.54) is 6.07 Å². The van der Waals surface area contributed by atoms with E-state index in [0.717, 1.165) is 30.3 Å². The van der Waals surface area contributed by atoms with Crippen molar-refractivity contribution in [1.29, 1.82) is 0 Å². The summed E-state index contributed by atoms with van der Waals surface area (Å²) in [6.45, 7) is 2.33. The van der Waals surface area contributed by atoms with Crippen molar-refractivity contribution in [2.75, 3.05) is 31.1 Å². The first-order valence-electron chi connectivity index (χ1n) is 10.9. The van der Waals surface area contributed by atoms with Crippen molar-refractivity contribution in [2.24, 2.45) is 5.92 Å². The van der Waals surface area contributed by atoms with Gasteiger partial charge in [0.2, 0.25) is 0 Å². The highest BCUT2D eigenvalue weighted by atomic mass is 19.2. The molecule has 0 radical (unpaired) electrons. The fourth-order valence-corrected chi connectivity index (χ4v) is 3.75. The lowest BCUT2D eigenvalue weighted by atomic mass is 10.1. The van der Waals surface area contributed by atoms with E-state index in [2.05, 4.69) is 5.32 Å². The number of carbonyl (C=O) groups excluding carboxylic acids is 1. The topological polar surface area (TPSA) is 50.8 Å². The van der Waals surface area contributed by atoms with Gasteiger partial charge < -0.3 is 19.7 Å². The zero-order valence-electron chi connectivity index (χ0n) is 18.2. The summed E-state index contributed by atoms with van der Waals surface area (Å²) < 4.78 is 37.9. The van der Waals surface area contributed by atoms with Crippen molar-refractivity contribution < 1.29 is 23.0 Å². The van der Waals surface area contributed by atoms with Gasteiger partial charge in [-0.1, -0.05) is 30.3 Å². The molecule has 5 nitrogen and oxygen atoms in total. The van der Waals surface area contributed by atoms with Crippen molar-refractivity contribution >= 4 is 11.6 Å². The smallest absolute Gasteiger partial charge is 0.257 e. The number of ether oxygens (including phenoxy) is 2. The molecule has 0 saturated carbocycles. The molecule has 1 N–H and O–H groups in total. The summed E-state index contributed by atoms with van der Waals surface area (Å²) >= 11 is 0. The molecule has 1 fully saturated rings. The van der Waals surface area contributed by atoms with Gasteiger partial charge in [0.15, 0.2) is 18.2 Å². The Bertz CT molecular complexity index is 1060. The first-order valence-corrected chi connectivity index (χ1v) is 10.9. The van der Waals surface area contributed by atoms with Crippen molar-refractivity contribution in [3.05, 3.63) is 90.0 Å². The van der Waals surface area contributed by atoms with Crippen LogP contribution in [0.2, 0.25) is 0 Å². The van der Waals surface area contributed by atoms with Crippen LogP contribution in [0.5, 0.6) is 11.5 Å². The van der Waals surface area contributed by atoms with Gasteiger partial charge in [-0.2, -0.15) is 0 Å². The number of anilines is 1. The highest BCUT2D eigenvalue weighted by Gasteiger charge is 2.23. The predicted octanol–water partition coefficient (Wildman–Crippen LogP) is 4.57. The molecule has 1 atom stereocenters. The molecule has 0 bridgehead atoms. The molecule has 0 aliphatic carbocycles. The molecule has 1 aliphatic rings. The molecule has 33 heavy (non-hydrogen) atoms. The minimum absolute atomic E-state index is 0.0795. The lowest BCUT2D eigenvalue weighted by Gasteiger charge is -2.19. The Morgan fingerprint density at radius 2 is 1.67 bits per heavy atom. The number of halogens is 2. The zero-order valence-corrected chi connectivity index (χ0v) is 18.2. The quantitative estimate of drug-likeness (QED) is 0.517. The molecule has 4 rings (SSSR count). The Morgan fingerprint density at radius 1 is 0.939 bits per heavy atom. The van der Waals surface area contributed by atoms with E-state index in [0.29, 0.717) is 31.1 Å². The van der Waals surface area contributed by atoms with Crippen LogP contribution in [-0.4, -0.2) is 32.1 Å². The third-order valence-electron chi connectivity index (χ3n) is 5.58. The minimum Gasteiger partial charge on any atom is -0.489 e. The van der Waals surface area contributed by atoms with E-state index < -0.39 is 11.6 Å². The van der Waals surface area contributed by atoms with E-state index >= 15 is 0 Å². The highest BCUT2D eigenvalue weighted by molar-refractivity contribution is 5.77. The summed E-state index contributed by atoms with van der Waals surface area (Å²) in [5.74, 6) is -0.354. The Kier molecular flexibility index (Phi) is 7.40. The van der Waals surface area contributed by atoms with E-state index in [4.69, 9.17) is 9.47 Å². The molecule has 7 heteroatoms. The second kappa shape index (κ2) is 10.8. The molecule has 172 valence electrons. The van der Waals surface area contributed by atoms with Gasteiger partial charge in [0, 0.05) is 31.4 Å². The molecule has 1 amide bonds. The molecule has 1 heterocycles. The second-order valence-corrected chi connectivity index (χ2v) is 8.04. The summed E-state index contributed by atoms with van der Waals surface area (Å²) in [5.41, 5.74) is 1.74. The maximum Gasteiger partial charge on any atom is 0.257 e. The fraction of sp³-hybridized carbons (Fsp3) is 0.269. The molecule has 1 saturated heterocycles. The Morgan fingerprint density at radius 3 is 2.39 bits per heavy atom. The van der Waals surface area contributed by atoms with Crippen LogP contribution in [0, 0.1) is 17.6 Å².